The monoisotopic (exact) mass is 351 g/mol. The minimum absolute atomic E-state index is 0.231. The van der Waals surface area contributed by atoms with Gasteiger partial charge in [-0.3, -0.25) is 0 Å². The van der Waals surface area contributed by atoms with E-state index in [1.807, 2.05) is 20.8 Å². The molecule has 1 unspecified atom stereocenters. The first-order valence-electron chi connectivity index (χ1n) is 7.56. The van der Waals surface area contributed by atoms with E-state index in [4.69, 9.17) is 23.2 Å². The smallest absolute Gasteiger partial charge is 0.126 e. The quantitative estimate of drug-likeness (QED) is 0.410. The molecule has 0 aliphatic carbocycles. The maximum Gasteiger partial charge on any atom is 0.126 e. The Morgan fingerprint density at radius 3 is 2.23 bits per heavy atom. The van der Waals surface area contributed by atoms with Crippen LogP contribution in [0.2, 0.25) is 0 Å². The van der Waals surface area contributed by atoms with Crippen LogP contribution in [0.15, 0.2) is 28.1 Å². The number of aliphatic imine (C=N–C) groups is 1. The summed E-state index contributed by atoms with van der Waals surface area (Å²) in [5, 5.41) is 10.6. The van der Waals surface area contributed by atoms with Crippen LogP contribution in [0.3, 0.4) is 0 Å². The minimum atomic E-state index is -0.816. The van der Waals surface area contributed by atoms with Gasteiger partial charge in [-0.25, -0.2) is 9.38 Å². The minimum Gasteiger partial charge on any atom is -0.390 e. The van der Waals surface area contributed by atoms with Crippen LogP contribution in [0.4, 0.5) is 4.39 Å². The van der Waals surface area contributed by atoms with Gasteiger partial charge in [0.05, 0.1) is 11.4 Å². The number of nitrogens with zero attached hydrogens (tertiary/aromatic N) is 1. The van der Waals surface area contributed by atoms with Crippen molar-refractivity contribution >= 4 is 28.4 Å². The molecule has 0 amide bonds. The van der Waals surface area contributed by atoms with Crippen LogP contribution in [-0.2, 0) is 0 Å². The first-order chi connectivity index (χ1) is 9.89. The van der Waals surface area contributed by atoms with Crippen LogP contribution in [-0.4, -0.2) is 15.9 Å². The Morgan fingerprint density at radius 2 is 1.82 bits per heavy atom. The van der Waals surface area contributed by atoms with Gasteiger partial charge >= 0.3 is 0 Å². The summed E-state index contributed by atoms with van der Waals surface area (Å²) in [5.74, 6) is -0.497. The second-order valence-corrected chi connectivity index (χ2v) is 7.60. The van der Waals surface area contributed by atoms with Crippen molar-refractivity contribution < 1.29 is 9.50 Å². The molecule has 1 atom stereocenters. The van der Waals surface area contributed by atoms with Gasteiger partial charge in [0.2, 0.25) is 0 Å². The SMILES string of the molecule is CC/C=C(Cl)\N=C(\Cl)C(CCC(C)(C)O)C(C)(C)/C=C(\C)F. The van der Waals surface area contributed by atoms with E-state index in [-0.39, 0.29) is 11.7 Å². The van der Waals surface area contributed by atoms with E-state index in [1.165, 1.54) is 13.0 Å². The number of allylic oxidation sites excluding steroid dienone is 3. The van der Waals surface area contributed by atoms with E-state index in [1.54, 1.807) is 19.9 Å². The summed E-state index contributed by atoms with van der Waals surface area (Å²) in [6, 6.07) is 0. The lowest BCUT2D eigenvalue weighted by Gasteiger charge is -2.32. The van der Waals surface area contributed by atoms with Crippen LogP contribution in [0, 0.1) is 11.3 Å². The molecular weight excluding hydrogens is 324 g/mol. The molecular formula is C17H28Cl2FNO. The molecule has 1 N–H and O–H groups in total. The highest BCUT2D eigenvalue weighted by atomic mass is 35.5. The standard InChI is InChI=1S/C17H28Cl2FNO/c1-7-8-14(18)21-15(19)13(9-10-17(5,6)22)16(3,4)11-12(2)20/h8,11,13,22H,7,9-10H2,1-6H3/b12-11+,14-8-,21-15+. The summed E-state index contributed by atoms with van der Waals surface area (Å²) < 4.78 is 13.4. The predicted octanol–water partition coefficient (Wildman–Crippen LogP) is 6.18. The van der Waals surface area contributed by atoms with Crippen molar-refractivity contribution in [2.75, 3.05) is 0 Å². The third-order valence-corrected chi connectivity index (χ3v) is 3.97. The third-order valence-electron chi connectivity index (χ3n) is 3.39. The zero-order valence-electron chi connectivity index (χ0n) is 14.4. The lowest BCUT2D eigenvalue weighted by molar-refractivity contribution is 0.0625. The van der Waals surface area contributed by atoms with Crippen LogP contribution >= 0.6 is 23.2 Å². The maximum absolute atomic E-state index is 13.4. The molecule has 0 fully saturated rings. The Labute approximate surface area is 144 Å². The third kappa shape index (κ3) is 8.92. The fourth-order valence-corrected chi connectivity index (χ4v) is 3.07. The Morgan fingerprint density at radius 1 is 1.27 bits per heavy atom. The average Bonchev–Trinajstić information content (AvgIpc) is 2.24. The zero-order chi connectivity index (χ0) is 17.6. The van der Waals surface area contributed by atoms with Gasteiger partial charge in [-0.05, 0) is 57.6 Å². The number of hydrogen-bond donors (Lipinski definition) is 1. The van der Waals surface area contributed by atoms with E-state index in [2.05, 4.69) is 4.99 Å². The Kier molecular flexibility index (Phi) is 8.89. The van der Waals surface area contributed by atoms with Gasteiger partial charge < -0.3 is 5.11 Å². The first kappa shape index (κ1) is 21.6. The van der Waals surface area contributed by atoms with Crippen molar-refractivity contribution in [2.45, 2.75) is 66.4 Å². The van der Waals surface area contributed by atoms with Crippen molar-refractivity contribution in [3.8, 4) is 0 Å². The molecule has 0 aromatic carbocycles. The number of hydrogen-bond acceptors (Lipinski definition) is 2. The van der Waals surface area contributed by atoms with Crippen LogP contribution < -0.4 is 0 Å². The molecule has 22 heavy (non-hydrogen) atoms. The van der Waals surface area contributed by atoms with Crippen molar-refractivity contribution in [3.63, 3.8) is 0 Å². The van der Waals surface area contributed by atoms with Crippen molar-refractivity contribution in [3.05, 3.63) is 23.1 Å². The number of aliphatic hydroxyl groups is 1. The lowest BCUT2D eigenvalue weighted by Crippen LogP contribution is -2.30. The largest absolute Gasteiger partial charge is 0.390 e. The maximum atomic E-state index is 13.4. The fourth-order valence-electron chi connectivity index (χ4n) is 2.30. The molecule has 0 bridgehead atoms. The highest BCUT2D eigenvalue weighted by molar-refractivity contribution is 6.66. The second-order valence-electron chi connectivity index (χ2n) is 6.83. The molecule has 0 heterocycles. The lowest BCUT2D eigenvalue weighted by atomic mass is 9.75. The molecule has 0 aliphatic rings. The highest BCUT2D eigenvalue weighted by Crippen LogP contribution is 2.37. The van der Waals surface area contributed by atoms with Crippen molar-refractivity contribution in [1.29, 1.82) is 0 Å². The average molecular weight is 352 g/mol. The Balaban J connectivity index is 5.51. The summed E-state index contributed by atoms with van der Waals surface area (Å²) in [6.45, 7) is 10.6. The van der Waals surface area contributed by atoms with Crippen molar-refractivity contribution in [2.24, 2.45) is 16.3 Å². The van der Waals surface area contributed by atoms with E-state index in [0.717, 1.165) is 6.42 Å². The molecule has 0 radical (unpaired) electrons. The first-order valence-corrected chi connectivity index (χ1v) is 8.31. The van der Waals surface area contributed by atoms with Gasteiger partial charge in [-0.15, -0.1) is 0 Å². The van der Waals surface area contributed by atoms with E-state index < -0.39 is 11.0 Å². The van der Waals surface area contributed by atoms with Gasteiger partial charge in [-0.1, -0.05) is 44.0 Å². The molecule has 0 spiro atoms. The molecule has 0 aliphatic heterocycles. The zero-order valence-corrected chi connectivity index (χ0v) is 15.9. The molecule has 5 heteroatoms. The summed E-state index contributed by atoms with van der Waals surface area (Å²) >= 11 is 12.4. The summed E-state index contributed by atoms with van der Waals surface area (Å²) in [4.78, 5) is 4.22. The molecule has 128 valence electrons. The van der Waals surface area contributed by atoms with E-state index >= 15 is 0 Å². The molecule has 0 aromatic heterocycles. The van der Waals surface area contributed by atoms with Gasteiger partial charge in [0.15, 0.2) is 0 Å². The van der Waals surface area contributed by atoms with Gasteiger partial charge in [0.1, 0.15) is 10.3 Å². The molecule has 2 nitrogen and oxygen atoms in total. The molecule has 0 rings (SSSR count). The van der Waals surface area contributed by atoms with E-state index in [0.29, 0.717) is 23.2 Å². The van der Waals surface area contributed by atoms with Crippen LogP contribution in [0.5, 0.6) is 0 Å². The molecule has 0 saturated carbocycles. The van der Waals surface area contributed by atoms with Crippen LogP contribution in [0.25, 0.3) is 0 Å². The topological polar surface area (TPSA) is 32.6 Å². The number of halogens is 3. The fraction of sp³-hybridized carbons (Fsp3) is 0.706. The summed E-state index contributed by atoms with van der Waals surface area (Å²) in [6.07, 6.45) is 5.17. The van der Waals surface area contributed by atoms with Gasteiger partial charge in [-0.2, -0.15) is 0 Å². The van der Waals surface area contributed by atoms with Crippen LogP contribution in [0.1, 0.15) is 60.8 Å². The van der Waals surface area contributed by atoms with E-state index in [9.17, 15) is 9.50 Å². The van der Waals surface area contributed by atoms with Crippen molar-refractivity contribution in [1.82, 2.24) is 0 Å². The number of rotatable bonds is 8. The normalized spacial score (nSPS) is 16.9. The Bertz CT molecular complexity index is 444. The summed E-state index contributed by atoms with van der Waals surface area (Å²) in [7, 11) is 0. The predicted molar refractivity (Wildman–Crippen MR) is 95.2 cm³/mol. The second kappa shape index (κ2) is 9.05. The summed E-state index contributed by atoms with van der Waals surface area (Å²) in [5.41, 5.74) is -1.35. The van der Waals surface area contributed by atoms with Gasteiger partial charge in [0.25, 0.3) is 0 Å². The Hall–Kier alpha value is -0.380. The highest BCUT2D eigenvalue weighted by Gasteiger charge is 2.33. The molecule has 0 aromatic rings. The van der Waals surface area contributed by atoms with Gasteiger partial charge in [0, 0.05) is 5.92 Å². The molecule has 0 saturated heterocycles.